The lowest BCUT2D eigenvalue weighted by Crippen LogP contribution is -2.51. The normalized spacial score (nSPS) is 26.9. The predicted molar refractivity (Wildman–Crippen MR) is 140 cm³/mol. The number of benzene rings is 1. The number of hydrogen-bond donors (Lipinski definition) is 5. The number of piperazine rings is 1. The highest BCUT2D eigenvalue weighted by Crippen LogP contribution is 2.40. The number of aromatic nitrogens is 1. The van der Waals surface area contributed by atoms with Crippen molar-refractivity contribution in [2.45, 2.75) is 57.2 Å². The number of para-hydroxylation sites is 1. The van der Waals surface area contributed by atoms with Gasteiger partial charge in [-0.05, 0) is 56.4 Å². The summed E-state index contributed by atoms with van der Waals surface area (Å²) in [5, 5.41) is 17.1. The summed E-state index contributed by atoms with van der Waals surface area (Å²) in [5.41, 5.74) is 11.8. The maximum atomic E-state index is 10.4. The highest BCUT2D eigenvalue weighted by Gasteiger charge is 2.36. The average molecular weight is 465 g/mol. The van der Waals surface area contributed by atoms with E-state index in [-0.39, 0.29) is 5.75 Å². The molecule has 1 atom stereocenters. The SMILES string of the molecule is CN/C(=C\c1c(N)[nH]c2c1[C@@H](C)N(C1CCC(N3CCNCC3)CC1)CC2)c1ccccc1O. The zero-order valence-corrected chi connectivity index (χ0v) is 20.6. The second-order valence-corrected chi connectivity index (χ2v) is 10.1. The van der Waals surface area contributed by atoms with Crippen LogP contribution in [-0.4, -0.2) is 71.7 Å². The third-order valence-electron chi connectivity index (χ3n) is 8.28. The van der Waals surface area contributed by atoms with Gasteiger partial charge >= 0.3 is 0 Å². The number of fused-ring (bicyclic) bond motifs is 1. The molecule has 7 nitrogen and oxygen atoms in total. The fourth-order valence-corrected chi connectivity index (χ4v) is 6.47. The second-order valence-electron chi connectivity index (χ2n) is 10.1. The molecule has 1 saturated heterocycles. The number of nitrogens with two attached hydrogens (primary N) is 1. The van der Waals surface area contributed by atoms with E-state index in [2.05, 4.69) is 38.4 Å². The fourth-order valence-electron chi connectivity index (χ4n) is 6.47. The van der Waals surface area contributed by atoms with Crippen molar-refractivity contribution < 1.29 is 5.11 Å². The molecule has 2 aliphatic heterocycles. The molecule has 2 aromatic rings. The summed E-state index contributed by atoms with van der Waals surface area (Å²) in [5.74, 6) is 0.978. The van der Waals surface area contributed by atoms with E-state index < -0.39 is 0 Å². The van der Waals surface area contributed by atoms with Gasteiger partial charge in [-0.3, -0.25) is 9.80 Å². The lowest BCUT2D eigenvalue weighted by Gasteiger charge is -2.45. The topological polar surface area (TPSA) is 92.6 Å². The molecule has 0 spiro atoms. The number of anilines is 1. The molecular weight excluding hydrogens is 424 g/mol. The minimum Gasteiger partial charge on any atom is -0.507 e. The summed E-state index contributed by atoms with van der Waals surface area (Å²) in [4.78, 5) is 8.90. The molecule has 0 radical (unpaired) electrons. The largest absolute Gasteiger partial charge is 0.507 e. The lowest BCUT2D eigenvalue weighted by atomic mass is 9.85. The van der Waals surface area contributed by atoms with Gasteiger partial charge in [0.15, 0.2) is 0 Å². The Hall–Kier alpha value is -2.48. The molecule has 3 aliphatic rings. The molecule has 6 N–H and O–H groups in total. The van der Waals surface area contributed by atoms with Crippen molar-refractivity contribution in [2.75, 3.05) is 45.5 Å². The zero-order valence-electron chi connectivity index (χ0n) is 20.6. The Labute approximate surface area is 203 Å². The van der Waals surface area contributed by atoms with Gasteiger partial charge in [0.1, 0.15) is 11.6 Å². The molecule has 1 aliphatic carbocycles. The van der Waals surface area contributed by atoms with Crippen LogP contribution in [0, 0.1) is 0 Å². The summed E-state index contributed by atoms with van der Waals surface area (Å²) in [7, 11) is 1.89. The van der Waals surface area contributed by atoms with E-state index in [0.29, 0.717) is 17.9 Å². The number of aromatic hydroxyl groups is 1. The number of aromatic amines is 1. The zero-order chi connectivity index (χ0) is 23.7. The van der Waals surface area contributed by atoms with Crippen molar-refractivity contribution in [3.63, 3.8) is 0 Å². The Morgan fingerprint density at radius 1 is 1.09 bits per heavy atom. The Morgan fingerprint density at radius 2 is 1.79 bits per heavy atom. The van der Waals surface area contributed by atoms with Gasteiger partial charge in [0.25, 0.3) is 0 Å². The minimum absolute atomic E-state index is 0.266. The van der Waals surface area contributed by atoms with Crippen molar-refractivity contribution >= 4 is 17.6 Å². The third kappa shape index (κ3) is 4.44. The number of H-pyrrole nitrogens is 1. The quantitative estimate of drug-likeness (QED) is 0.467. The van der Waals surface area contributed by atoms with Gasteiger partial charge in [-0.1, -0.05) is 12.1 Å². The summed E-state index contributed by atoms with van der Waals surface area (Å²) in [6.07, 6.45) is 8.26. The minimum atomic E-state index is 0.266. The molecular formula is C27H40N6O. The number of nitrogen functional groups attached to an aromatic ring is 1. The summed E-state index contributed by atoms with van der Waals surface area (Å²) < 4.78 is 0. The molecule has 2 fully saturated rings. The first-order valence-electron chi connectivity index (χ1n) is 12.9. The molecule has 184 valence electrons. The van der Waals surface area contributed by atoms with E-state index in [1.807, 2.05) is 25.2 Å². The van der Waals surface area contributed by atoms with Gasteiger partial charge in [0.2, 0.25) is 0 Å². The van der Waals surface area contributed by atoms with Crippen LogP contribution in [0.25, 0.3) is 11.8 Å². The van der Waals surface area contributed by atoms with Crippen molar-refractivity contribution in [1.29, 1.82) is 0 Å². The Balaban J connectivity index is 1.35. The molecule has 1 saturated carbocycles. The molecule has 1 aromatic heterocycles. The molecule has 0 amide bonds. The molecule has 7 heteroatoms. The van der Waals surface area contributed by atoms with Gasteiger partial charge in [-0.25, -0.2) is 0 Å². The number of phenolic OH excluding ortho intramolecular Hbond substituents is 1. The van der Waals surface area contributed by atoms with Crippen LogP contribution < -0.4 is 16.4 Å². The van der Waals surface area contributed by atoms with Crippen molar-refractivity contribution in [2.24, 2.45) is 0 Å². The van der Waals surface area contributed by atoms with E-state index in [0.717, 1.165) is 48.9 Å². The highest BCUT2D eigenvalue weighted by molar-refractivity contribution is 5.86. The predicted octanol–water partition coefficient (Wildman–Crippen LogP) is 3.16. The van der Waals surface area contributed by atoms with Gasteiger partial charge in [0.05, 0.1) is 0 Å². The standard InChI is InChI=1S/C27H40N6O/c1-18-26-22(17-24(29-2)21-5-3-4-6-25(21)34)27(28)31-23(26)11-14-33(18)20-9-7-19(8-10-20)32-15-12-30-13-16-32/h3-6,17-20,29-31,34H,7-16,28H2,1-2H3/b24-17-/t18-,19?,20?/m1/s1. The monoisotopic (exact) mass is 464 g/mol. The molecule has 3 heterocycles. The Kier molecular flexibility index (Phi) is 6.86. The van der Waals surface area contributed by atoms with Gasteiger partial charge in [-0.15, -0.1) is 0 Å². The Morgan fingerprint density at radius 3 is 2.50 bits per heavy atom. The first-order chi connectivity index (χ1) is 16.6. The molecule has 1 aromatic carbocycles. The van der Waals surface area contributed by atoms with Crippen LogP contribution >= 0.6 is 0 Å². The van der Waals surface area contributed by atoms with E-state index in [1.54, 1.807) is 6.07 Å². The number of nitrogens with one attached hydrogen (secondary N) is 3. The van der Waals surface area contributed by atoms with Crippen LogP contribution in [0.1, 0.15) is 61.0 Å². The highest BCUT2D eigenvalue weighted by atomic mass is 16.3. The summed E-state index contributed by atoms with van der Waals surface area (Å²) in [6, 6.07) is 9.14. The van der Waals surface area contributed by atoms with Crippen LogP contribution in [0.2, 0.25) is 0 Å². The molecule has 0 bridgehead atoms. The van der Waals surface area contributed by atoms with Crippen molar-refractivity contribution in [1.82, 2.24) is 25.4 Å². The van der Waals surface area contributed by atoms with Gasteiger partial charge in [0, 0.05) is 86.8 Å². The number of rotatable bonds is 5. The fraction of sp³-hybridized carbons (Fsp3) is 0.556. The third-order valence-corrected chi connectivity index (χ3v) is 8.28. The van der Waals surface area contributed by atoms with Gasteiger partial charge in [-0.2, -0.15) is 0 Å². The van der Waals surface area contributed by atoms with E-state index >= 15 is 0 Å². The number of phenols is 1. The second kappa shape index (κ2) is 10.0. The molecule has 5 rings (SSSR count). The lowest BCUT2D eigenvalue weighted by molar-refractivity contribution is 0.0630. The van der Waals surface area contributed by atoms with Crippen molar-refractivity contribution in [3.05, 3.63) is 46.6 Å². The number of nitrogens with zero attached hydrogens (tertiary/aromatic N) is 2. The van der Waals surface area contributed by atoms with Crippen LogP contribution in [0.4, 0.5) is 5.82 Å². The van der Waals surface area contributed by atoms with E-state index in [1.165, 1.54) is 50.0 Å². The van der Waals surface area contributed by atoms with E-state index in [4.69, 9.17) is 5.73 Å². The molecule has 0 unspecified atom stereocenters. The van der Waals surface area contributed by atoms with Crippen LogP contribution in [0.15, 0.2) is 24.3 Å². The van der Waals surface area contributed by atoms with Crippen molar-refractivity contribution in [3.8, 4) is 5.75 Å². The van der Waals surface area contributed by atoms with Crippen LogP contribution in [0.5, 0.6) is 5.75 Å². The van der Waals surface area contributed by atoms with E-state index in [9.17, 15) is 5.11 Å². The Bertz CT molecular complexity index is 1020. The maximum Gasteiger partial charge on any atom is 0.124 e. The summed E-state index contributed by atoms with van der Waals surface area (Å²) in [6.45, 7) is 8.07. The van der Waals surface area contributed by atoms with Gasteiger partial charge < -0.3 is 26.5 Å². The smallest absolute Gasteiger partial charge is 0.124 e. The first kappa shape index (κ1) is 23.3. The number of hydrogen-bond acceptors (Lipinski definition) is 6. The summed E-state index contributed by atoms with van der Waals surface area (Å²) >= 11 is 0. The maximum absolute atomic E-state index is 10.4. The van der Waals surface area contributed by atoms with Crippen LogP contribution in [0.3, 0.4) is 0 Å². The average Bonchev–Trinajstić information content (AvgIpc) is 3.19. The first-order valence-corrected chi connectivity index (χ1v) is 12.9. The molecule has 34 heavy (non-hydrogen) atoms. The van der Waals surface area contributed by atoms with Crippen LogP contribution in [-0.2, 0) is 6.42 Å².